The average molecular weight is 194 g/mol. The Morgan fingerprint density at radius 1 is 1.57 bits per heavy atom. The van der Waals surface area contributed by atoms with Crippen LogP contribution in [0.3, 0.4) is 0 Å². The van der Waals surface area contributed by atoms with Gasteiger partial charge in [0.05, 0.1) is 6.61 Å². The molecule has 1 heterocycles. The molecule has 0 aliphatic heterocycles. The molecule has 0 radical (unpaired) electrons. The number of anilines is 1. The molecule has 0 aliphatic rings. The van der Waals surface area contributed by atoms with E-state index in [-0.39, 0.29) is 12.4 Å². The van der Waals surface area contributed by atoms with E-state index >= 15 is 0 Å². The second-order valence-corrected chi connectivity index (χ2v) is 2.90. The van der Waals surface area contributed by atoms with E-state index in [0.717, 1.165) is 5.82 Å². The monoisotopic (exact) mass is 194 g/mol. The van der Waals surface area contributed by atoms with Gasteiger partial charge in [0.2, 0.25) is 0 Å². The van der Waals surface area contributed by atoms with Crippen molar-refractivity contribution < 1.29 is 9.53 Å². The summed E-state index contributed by atoms with van der Waals surface area (Å²) in [4.78, 5) is 14.6. The number of ether oxygens (including phenoxy) is 1. The van der Waals surface area contributed by atoms with Crippen LogP contribution in [-0.4, -0.2) is 30.5 Å². The normalized spacial score (nSPS) is 9.79. The van der Waals surface area contributed by atoms with Crippen molar-refractivity contribution in [2.75, 3.05) is 25.1 Å². The molecule has 1 aromatic heterocycles. The number of Topliss-reactive ketones (excluding diaryl/α,β-unsaturated/α-hetero) is 1. The van der Waals surface area contributed by atoms with Crippen molar-refractivity contribution in [3.63, 3.8) is 0 Å². The molecule has 4 heteroatoms. The lowest BCUT2D eigenvalue weighted by Gasteiger charge is -2.04. The van der Waals surface area contributed by atoms with Crippen molar-refractivity contribution in [2.24, 2.45) is 0 Å². The Morgan fingerprint density at radius 3 is 3.07 bits per heavy atom. The van der Waals surface area contributed by atoms with Crippen LogP contribution in [0.5, 0.6) is 0 Å². The largest absolute Gasteiger partial charge is 0.372 e. The van der Waals surface area contributed by atoms with Crippen LogP contribution in [0.25, 0.3) is 0 Å². The first-order chi connectivity index (χ1) is 6.79. The molecule has 14 heavy (non-hydrogen) atoms. The minimum Gasteiger partial charge on any atom is -0.372 e. The highest BCUT2D eigenvalue weighted by Crippen LogP contribution is 1.98. The lowest BCUT2D eigenvalue weighted by Crippen LogP contribution is -2.13. The molecule has 0 aromatic carbocycles. The van der Waals surface area contributed by atoms with Crippen LogP contribution in [0.2, 0.25) is 0 Å². The molecule has 0 saturated heterocycles. The van der Waals surface area contributed by atoms with Gasteiger partial charge in [-0.3, -0.25) is 4.79 Å². The maximum Gasteiger partial charge on any atom is 0.155 e. The molecule has 0 unspecified atom stereocenters. The van der Waals surface area contributed by atoms with Crippen LogP contribution in [0.4, 0.5) is 5.82 Å². The number of pyridine rings is 1. The molecule has 0 bridgehead atoms. The Bertz CT molecular complexity index is 275. The Hall–Kier alpha value is -1.42. The first-order valence-corrected chi connectivity index (χ1v) is 4.51. The van der Waals surface area contributed by atoms with Crippen LogP contribution in [0.15, 0.2) is 24.4 Å². The number of nitrogens with one attached hydrogen (secondary N) is 1. The maximum atomic E-state index is 10.5. The summed E-state index contributed by atoms with van der Waals surface area (Å²) < 4.78 is 5.08. The van der Waals surface area contributed by atoms with Crippen molar-refractivity contribution in [3.8, 4) is 0 Å². The van der Waals surface area contributed by atoms with Gasteiger partial charge in [-0.25, -0.2) is 4.98 Å². The van der Waals surface area contributed by atoms with Crippen LogP contribution in [0, 0.1) is 0 Å². The smallest absolute Gasteiger partial charge is 0.155 e. The Kier molecular flexibility index (Phi) is 4.64. The number of carbonyl (C=O) groups excluding carboxylic acids is 1. The van der Waals surface area contributed by atoms with Gasteiger partial charge in [-0.1, -0.05) is 6.07 Å². The summed E-state index contributed by atoms with van der Waals surface area (Å²) in [6, 6.07) is 5.65. The Balaban J connectivity index is 2.08. The van der Waals surface area contributed by atoms with Crippen molar-refractivity contribution in [1.82, 2.24) is 4.98 Å². The number of hydrogen-bond donors (Lipinski definition) is 1. The van der Waals surface area contributed by atoms with Crippen LogP contribution >= 0.6 is 0 Å². The number of carbonyl (C=O) groups is 1. The standard InChI is InChI=1S/C10H14N2O2/c1-9(13)8-14-7-6-12-10-4-2-3-5-11-10/h2-5H,6-8H2,1H3,(H,11,12). The molecule has 0 saturated carbocycles. The SMILES string of the molecule is CC(=O)COCCNc1ccccn1. The zero-order valence-electron chi connectivity index (χ0n) is 8.19. The van der Waals surface area contributed by atoms with Gasteiger partial charge in [0.15, 0.2) is 5.78 Å². The molecule has 1 N–H and O–H groups in total. The quantitative estimate of drug-likeness (QED) is 0.689. The van der Waals surface area contributed by atoms with Crippen molar-refractivity contribution in [1.29, 1.82) is 0 Å². The van der Waals surface area contributed by atoms with E-state index in [4.69, 9.17) is 4.74 Å². The van der Waals surface area contributed by atoms with Gasteiger partial charge in [-0.2, -0.15) is 0 Å². The van der Waals surface area contributed by atoms with Crippen LogP contribution in [-0.2, 0) is 9.53 Å². The molecule has 1 rings (SSSR count). The number of aromatic nitrogens is 1. The van der Waals surface area contributed by atoms with E-state index in [1.165, 1.54) is 6.92 Å². The van der Waals surface area contributed by atoms with Gasteiger partial charge in [0, 0.05) is 12.7 Å². The predicted octanol–water partition coefficient (Wildman–Crippen LogP) is 1.10. The fourth-order valence-electron chi connectivity index (χ4n) is 0.934. The van der Waals surface area contributed by atoms with Crippen molar-refractivity contribution in [3.05, 3.63) is 24.4 Å². The Labute approximate surface area is 83.3 Å². The van der Waals surface area contributed by atoms with E-state index in [9.17, 15) is 4.79 Å². The first-order valence-electron chi connectivity index (χ1n) is 4.51. The molecule has 4 nitrogen and oxygen atoms in total. The lowest BCUT2D eigenvalue weighted by atomic mass is 10.4. The van der Waals surface area contributed by atoms with E-state index in [0.29, 0.717) is 13.2 Å². The lowest BCUT2D eigenvalue weighted by molar-refractivity contribution is -0.121. The molecule has 0 spiro atoms. The van der Waals surface area contributed by atoms with Gasteiger partial charge in [-0.15, -0.1) is 0 Å². The highest BCUT2D eigenvalue weighted by atomic mass is 16.5. The zero-order valence-corrected chi connectivity index (χ0v) is 8.19. The Morgan fingerprint density at radius 2 is 2.43 bits per heavy atom. The van der Waals surface area contributed by atoms with E-state index in [1.807, 2.05) is 18.2 Å². The summed E-state index contributed by atoms with van der Waals surface area (Å²) in [5.41, 5.74) is 0. The highest BCUT2D eigenvalue weighted by molar-refractivity contribution is 5.76. The summed E-state index contributed by atoms with van der Waals surface area (Å²) in [7, 11) is 0. The highest BCUT2D eigenvalue weighted by Gasteiger charge is 1.93. The third-order valence-corrected chi connectivity index (χ3v) is 1.52. The predicted molar refractivity (Wildman–Crippen MR) is 54.2 cm³/mol. The van der Waals surface area contributed by atoms with Gasteiger partial charge >= 0.3 is 0 Å². The molecule has 76 valence electrons. The van der Waals surface area contributed by atoms with Gasteiger partial charge in [0.1, 0.15) is 12.4 Å². The van der Waals surface area contributed by atoms with Crippen molar-refractivity contribution >= 4 is 11.6 Å². The minimum absolute atomic E-state index is 0.0443. The molecule has 0 amide bonds. The second-order valence-electron chi connectivity index (χ2n) is 2.90. The molecular weight excluding hydrogens is 180 g/mol. The second kappa shape index (κ2) is 6.10. The fourth-order valence-corrected chi connectivity index (χ4v) is 0.934. The van der Waals surface area contributed by atoms with Gasteiger partial charge < -0.3 is 10.1 Å². The summed E-state index contributed by atoms with van der Waals surface area (Å²) in [5.74, 6) is 0.863. The number of hydrogen-bond acceptors (Lipinski definition) is 4. The number of ketones is 1. The van der Waals surface area contributed by atoms with E-state index in [1.54, 1.807) is 6.20 Å². The summed E-state index contributed by atoms with van der Waals surface area (Å²) in [6.45, 7) is 2.86. The fraction of sp³-hybridized carbons (Fsp3) is 0.400. The third kappa shape index (κ3) is 4.57. The summed E-state index contributed by atoms with van der Waals surface area (Å²) >= 11 is 0. The first kappa shape index (κ1) is 10.7. The molecule has 0 atom stereocenters. The van der Waals surface area contributed by atoms with E-state index < -0.39 is 0 Å². The van der Waals surface area contributed by atoms with Crippen LogP contribution < -0.4 is 5.32 Å². The topological polar surface area (TPSA) is 51.2 Å². The van der Waals surface area contributed by atoms with Crippen LogP contribution in [0.1, 0.15) is 6.92 Å². The molecule has 0 aliphatic carbocycles. The molecule has 1 aromatic rings. The average Bonchev–Trinajstić information content (AvgIpc) is 2.18. The summed E-state index contributed by atoms with van der Waals surface area (Å²) in [5, 5.41) is 3.07. The maximum absolute atomic E-state index is 10.5. The molecular formula is C10H14N2O2. The number of rotatable bonds is 6. The minimum atomic E-state index is 0.0443. The van der Waals surface area contributed by atoms with E-state index in [2.05, 4.69) is 10.3 Å². The zero-order chi connectivity index (χ0) is 10.2. The van der Waals surface area contributed by atoms with Gasteiger partial charge in [-0.05, 0) is 19.1 Å². The van der Waals surface area contributed by atoms with Crippen molar-refractivity contribution in [2.45, 2.75) is 6.92 Å². The molecule has 0 fully saturated rings. The third-order valence-electron chi connectivity index (χ3n) is 1.52. The number of nitrogens with zero attached hydrogens (tertiary/aromatic N) is 1. The summed E-state index contributed by atoms with van der Waals surface area (Å²) in [6.07, 6.45) is 1.72. The van der Waals surface area contributed by atoms with Gasteiger partial charge in [0.25, 0.3) is 0 Å².